The number of amides is 1. The van der Waals surface area contributed by atoms with Gasteiger partial charge in [0.2, 0.25) is 0 Å². The summed E-state index contributed by atoms with van der Waals surface area (Å²) in [4.78, 5) is 12.7. The lowest BCUT2D eigenvalue weighted by atomic mass is 10.2. The molecule has 9 heteroatoms. The van der Waals surface area contributed by atoms with Gasteiger partial charge in [-0.05, 0) is 60.2 Å². The van der Waals surface area contributed by atoms with Gasteiger partial charge in [0.15, 0.2) is 16.7 Å². The Morgan fingerprint density at radius 1 is 0.970 bits per heavy atom. The summed E-state index contributed by atoms with van der Waals surface area (Å²) in [5, 5.41) is 9.86. The third kappa shape index (κ3) is 5.58. The minimum absolute atomic E-state index is 0.0608. The summed E-state index contributed by atoms with van der Waals surface area (Å²) < 4.78 is 33.6. The molecule has 166 valence electrons. The first-order chi connectivity index (χ1) is 16.0. The lowest BCUT2D eigenvalue weighted by molar-refractivity contribution is 0.0970. The second-order valence-corrected chi connectivity index (χ2v) is 7.35. The molecule has 6 nitrogen and oxygen atoms in total. The van der Waals surface area contributed by atoms with E-state index < -0.39 is 17.5 Å². The molecular formula is C24H18F2N4O2S. The maximum absolute atomic E-state index is 13.3. The molecule has 0 saturated heterocycles. The van der Waals surface area contributed by atoms with Gasteiger partial charge >= 0.3 is 0 Å². The molecular weight excluding hydrogens is 446 g/mol. The quantitative estimate of drug-likeness (QED) is 0.399. The van der Waals surface area contributed by atoms with Crippen LogP contribution in [0.5, 0.6) is 5.75 Å². The van der Waals surface area contributed by atoms with Crippen LogP contribution in [0.3, 0.4) is 0 Å². The summed E-state index contributed by atoms with van der Waals surface area (Å²) in [6.07, 6.45) is 1.53. The number of rotatable bonds is 6. The normalized spacial score (nSPS) is 10.5. The van der Waals surface area contributed by atoms with Crippen LogP contribution in [0, 0.1) is 11.6 Å². The Morgan fingerprint density at radius 2 is 1.79 bits per heavy atom. The molecule has 2 N–H and O–H groups in total. The van der Waals surface area contributed by atoms with Crippen molar-refractivity contribution in [3.05, 3.63) is 108 Å². The first-order valence-corrected chi connectivity index (χ1v) is 10.3. The molecule has 0 aliphatic rings. The number of carbonyl (C=O) groups is 1. The zero-order chi connectivity index (χ0) is 23.2. The van der Waals surface area contributed by atoms with Crippen molar-refractivity contribution in [2.45, 2.75) is 6.61 Å². The van der Waals surface area contributed by atoms with Gasteiger partial charge in [-0.25, -0.2) is 13.5 Å². The van der Waals surface area contributed by atoms with Gasteiger partial charge < -0.3 is 10.1 Å². The number of halogens is 2. The highest BCUT2D eigenvalue weighted by atomic mass is 32.1. The van der Waals surface area contributed by atoms with Crippen molar-refractivity contribution in [2.75, 3.05) is 5.32 Å². The van der Waals surface area contributed by atoms with Crippen LogP contribution >= 0.6 is 12.2 Å². The predicted octanol–water partition coefficient (Wildman–Crippen LogP) is 4.86. The third-order valence-electron chi connectivity index (χ3n) is 4.58. The largest absolute Gasteiger partial charge is 0.489 e. The number of thiocarbonyl (C=S) groups is 1. The standard InChI is InChI=1S/C24H18F2N4O2S/c25-20-10-9-16(13-21(20)26)15-32-19-8-4-5-17(14-19)28-24(33)29-23(31)22-11-12-27-30(22)18-6-2-1-3-7-18/h1-14H,15H2,(H2,28,29,31,33). The van der Waals surface area contributed by atoms with Crippen molar-refractivity contribution < 1.29 is 18.3 Å². The Labute approximate surface area is 193 Å². The Bertz CT molecular complexity index is 1290. The van der Waals surface area contributed by atoms with Gasteiger partial charge in [-0.15, -0.1) is 0 Å². The van der Waals surface area contributed by atoms with Crippen LogP contribution in [0.25, 0.3) is 5.69 Å². The first-order valence-electron chi connectivity index (χ1n) is 9.88. The molecule has 0 bridgehead atoms. The molecule has 4 aromatic rings. The number of ether oxygens (including phenoxy) is 1. The molecule has 1 aromatic heterocycles. The fourth-order valence-corrected chi connectivity index (χ4v) is 3.25. The predicted molar refractivity (Wildman–Crippen MR) is 124 cm³/mol. The minimum atomic E-state index is -0.929. The Morgan fingerprint density at radius 3 is 2.58 bits per heavy atom. The highest BCUT2D eigenvalue weighted by Crippen LogP contribution is 2.19. The van der Waals surface area contributed by atoms with Crippen LogP contribution in [0.1, 0.15) is 16.1 Å². The number of nitrogens with one attached hydrogen (secondary N) is 2. The van der Waals surface area contributed by atoms with E-state index in [1.807, 2.05) is 30.3 Å². The number of hydrogen-bond acceptors (Lipinski definition) is 4. The number of benzene rings is 3. The van der Waals surface area contributed by atoms with Crippen molar-refractivity contribution in [2.24, 2.45) is 0 Å². The lowest BCUT2D eigenvalue weighted by Crippen LogP contribution is -2.35. The average Bonchev–Trinajstić information content (AvgIpc) is 3.31. The molecule has 0 spiro atoms. The maximum Gasteiger partial charge on any atom is 0.276 e. The van der Waals surface area contributed by atoms with Gasteiger partial charge in [0.25, 0.3) is 5.91 Å². The molecule has 0 radical (unpaired) electrons. The van der Waals surface area contributed by atoms with E-state index in [2.05, 4.69) is 15.7 Å². The zero-order valence-corrected chi connectivity index (χ0v) is 18.0. The summed E-state index contributed by atoms with van der Waals surface area (Å²) in [5.41, 5.74) is 2.15. The molecule has 0 unspecified atom stereocenters. The molecule has 1 amide bonds. The van der Waals surface area contributed by atoms with E-state index in [9.17, 15) is 13.6 Å². The fourth-order valence-electron chi connectivity index (χ4n) is 3.04. The Hall–Kier alpha value is -4.11. The van der Waals surface area contributed by atoms with E-state index in [1.54, 1.807) is 30.3 Å². The van der Waals surface area contributed by atoms with Crippen molar-refractivity contribution in [1.29, 1.82) is 0 Å². The van der Waals surface area contributed by atoms with E-state index in [-0.39, 0.29) is 11.7 Å². The highest BCUT2D eigenvalue weighted by Gasteiger charge is 2.15. The SMILES string of the molecule is O=C(NC(=S)Nc1cccc(OCc2ccc(F)c(F)c2)c1)c1ccnn1-c1ccccc1. The number of carbonyl (C=O) groups excluding carboxylic acids is 1. The molecule has 3 aromatic carbocycles. The summed E-state index contributed by atoms with van der Waals surface area (Å²) >= 11 is 5.27. The van der Waals surface area contributed by atoms with E-state index in [0.29, 0.717) is 22.7 Å². The zero-order valence-electron chi connectivity index (χ0n) is 17.2. The second-order valence-electron chi connectivity index (χ2n) is 6.94. The molecule has 0 aliphatic carbocycles. The van der Waals surface area contributed by atoms with Gasteiger partial charge in [0.1, 0.15) is 18.1 Å². The molecule has 0 fully saturated rings. The first kappa shape index (κ1) is 22.1. The van der Waals surface area contributed by atoms with Crippen LogP contribution in [0.2, 0.25) is 0 Å². The van der Waals surface area contributed by atoms with Gasteiger partial charge in [0, 0.05) is 11.8 Å². The van der Waals surface area contributed by atoms with E-state index >= 15 is 0 Å². The minimum Gasteiger partial charge on any atom is -0.489 e. The van der Waals surface area contributed by atoms with E-state index in [0.717, 1.165) is 17.8 Å². The number of hydrogen-bond donors (Lipinski definition) is 2. The highest BCUT2D eigenvalue weighted by molar-refractivity contribution is 7.80. The van der Waals surface area contributed by atoms with Gasteiger partial charge in [-0.2, -0.15) is 5.10 Å². The fraction of sp³-hybridized carbons (Fsp3) is 0.0417. The smallest absolute Gasteiger partial charge is 0.276 e. The summed E-state index contributed by atoms with van der Waals surface area (Å²) in [5.74, 6) is -1.77. The van der Waals surface area contributed by atoms with Crippen molar-refractivity contribution in [1.82, 2.24) is 15.1 Å². The monoisotopic (exact) mass is 464 g/mol. The Kier molecular flexibility index (Phi) is 6.70. The average molecular weight is 464 g/mol. The maximum atomic E-state index is 13.3. The van der Waals surface area contributed by atoms with Crippen LogP contribution in [0.15, 0.2) is 85.1 Å². The van der Waals surface area contributed by atoms with Gasteiger partial charge in [0.05, 0.1) is 11.9 Å². The number of nitrogens with zero attached hydrogens (tertiary/aromatic N) is 2. The number of aromatic nitrogens is 2. The summed E-state index contributed by atoms with van der Waals surface area (Å²) in [6.45, 7) is 0.0608. The van der Waals surface area contributed by atoms with Crippen LogP contribution < -0.4 is 15.4 Å². The topological polar surface area (TPSA) is 68.2 Å². The van der Waals surface area contributed by atoms with E-state index in [1.165, 1.54) is 16.9 Å². The van der Waals surface area contributed by atoms with Crippen molar-refractivity contribution >= 4 is 28.9 Å². The van der Waals surface area contributed by atoms with Crippen LogP contribution in [-0.4, -0.2) is 20.8 Å². The second kappa shape index (κ2) is 10.0. The number of para-hydroxylation sites is 1. The molecule has 0 aliphatic heterocycles. The summed E-state index contributed by atoms with van der Waals surface area (Å²) in [6, 6.07) is 21.3. The molecule has 4 rings (SSSR count). The molecule has 0 saturated carbocycles. The van der Waals surface area contributed by atoms with Gasteiger partial charge in [-0.3, -0.25) is 10.1 Å². The van der Waals surface area contributed by atoms with Crippen LogP contribution in [0.4, 0.5) is 14.5 Å². The molecule has 0 atom stereocenters. The van der Waals surface area contributed by atoms with Crippen LogP contribution in [-0.2, 0) is 6.61 Å². The van der Waals surface area contributed by atoms with Crippen molar-refractivity contribution in [3.8, 4) is 11.4 Å². The van der Waals surface area contributed by atoms with Gasteiger partial charge in [-0.1, -0.05) is 30.3 Å². The molecule has 33 heavy (non-hydrogen) atoms. The third-order valence-corrected chi connectivity index (χ3v) is 4.79. The Balaban J connectivity index is 1.37. The number of anilines is 1. The van der Waals surface area contributed by atoms with E-state index in [4.69, 9.17) is 17.0 Å². The summed E-state index contributed by atoms with van der Waals surface area (Å²) in [7, 11) is 0. The van der Waals surface area contributed by atoms with Crippen molar-refractivity contribution in [3.63, 3.8) is 0 Å². The molecule has 1 heterocycles. The lowest BCUT2D eigenvalue weighted by Gasteiger charge is -2.12.